The van der Waals surface area contributed by atoms with Gasteiger partial charge in [0.05, 0.1) is 5.56 Å². The number of carbonyl (C=O) groups is 2. The van der Waals surface area contributed by atoms with Gasteiger partial charge < -0.3 is 20.1 Å². The molecule has 178 valence electrons. The Kier molecular flexibility index (Phi) is 6.53. The van der Waals surface area contributed by atoms with E-state index in [9.17, 15) is 9.59 Å². The van der Waals surface area contributed by atoms with E-state index in [-0.39, 0.29) is 17.6 Å². The minimum absolute atomic E-state index is 0.0387. The van der Waals surface area contributed by atoms with Crippen LogP contribution in [0.2, 0.25) is 0 Å². The molecule has 1 saturated carbocycles. The number of aromatic carboxylic acids is 1. The summed E-state index contributed by atoms with van der Waals surface area (Å²) in [6.07, 6.45) is 4.88. The first kappa shape index (κ1) is 22.7. The van der Waals surface area contributed by atoms with Crippen molar-refractivity contribution in [1.29, 1.82) is 0 Å². The molecule has 0 spiro atoms. The lowest BCUT2D eigenvalue weighted by molar-refractivity contribution is 0.0697. The molecule has 1 heterocycles. The van der Waals surface area contributed by atoms with Gasteiger partial charge in [0.1, 0.15) is 11.5 Å². The van der Waals surface area contributed by atoms with E-state index in [1.807, 2.05) is 47.4 Å². The number of rotatable bonds is 6. The number of benzene rings is 3. The molecule has 5 rings (SSSR count). The van der Waals surface area contributed by atoms with Crippen molar-refractivity contribution in [3.63, 3.8) is 0 Å². The van der Waals surface area contributed by atoms with Crippen LogP contribution < -0.4 is 10.1 Å². The summed E-state index contributed by atoms with van der Waals surface area (Å²) in [7, 11) is 0. The molecule has 6 heteroatoms. The highest BCUT2D eigenvalue weighted by molar-refractivity contribution is 5.87. The number of carboxylic acid groups (broad SMARTS) is 1. The quantitative estimate of drug-likeness (QED) is 0.471. The Balaban J connectivity index is 1.13. The average molecular weight is 469 g/mol. The number of carbonyl (C=O) groups excluding carboxylic acids is 1. The van der Waals surface area contributed by atoms with Gasteiger partial charge in [-0.2, -0.15) is 0 Å². The summed E-state index contributed by atoms with van der Waals surface area (Å²) in [4.78, 5) is 25.6. The fourth-order valence-corrected chi connectivity index (χ4v) is 4.52. The summed E-state index contributed by atoms with van der Waals surface area (Å²) in [6.45, 7) is 1.43. The van der Waals surface area contributed by atoms with E-state index in [1.165, 1.54) is 23.3 Å². The third-order valence-electron chi connectivity index (χ3n) is 6.59. The number of urea groups is 1. The van der Waals surface area contributed by atoms with E-state index < -0.39 is 5.97 Å². The number of hydrogen-bond acceptors (Lipinski definition) is 3. The summed E-state index contributed by atoms with van der Waals surface area (Å²) < 4.78 is 5.89. The van der Waals surface area contributed by atoms with Crippen LogP contribution in [-0.4, -0.2) is 41.1 Å². The molecule has 1 saturated heterocycles. The maximum atomic E-state index is 12.7. The molecule has 2 N–H and O–H groups in total. The topological polar surface area (TPSA) is 78.9 Å². The smallest absolute Gasteiger partial charge is 0.335 e. The van der Waals surface area contributed by atoms with Gasteiger partial charge in [0, 0.05) is 25.0 Å². The lowest BCUT2D eigenvalue weighted by atomic mass is 10.0. The Hall–Kier alpha value is -4.06. The molecule has 0 bridgehead atoms. The van der Waals surface area contributed by atoms with E-state index in [4.69, 9.17) is 9.84 Å². The van der Waals surface area contributed by atoms with Crippen molar-refractivity contribution in [1.82, 2.24) is 10.2 Å². The van der Waals surface area contributed by atoms with Crippen LogP contribution >= 0.6 is 0 Å². The van der Waals surface area contributed by atoms with Gasteiger partial charge >= 0.3 is 12.0 Å². The zero-order valence-corrected chi connectivity index (χ0v) is 19.4. The molecule has 0 aromatic heterocycles. The minimum atomic E-state index is -0.961. The maximum Gasteiger partial charge on any atom is 0.335 e. The number of likely N-dealkylation sites (tertiary alicyclic amines) is 1. The van der Waals surface area contributed by atoms with E-state index >= 15 is 0 Å². The first-order valence-corrected chi connectivity index (χ1v) is 12.0. The van der Waals surface area contributed by atoms with Gasteiger partial charge in [-0.1, -0.05) is 54.1 Å². The molecule has 0 radical (unpaired) electrons. The molecule has 6 nitrogen and oxygen atoms in total. The van der Waals surface area contributed by atoms with Crippen LogP contribution in [0.25, 0.3) is 6.08 Å². The third kappa shape index (κ3) is 5.72. The van der Waals surface area contributed by atoms with Crippen molar-refractivity contribution in [3.8, 4) is 11.5 Å². The summed E-state index contributed by atoms with van der Waals surface area (Å²) in [6, 6.07) is 24.8. The van der Waals surface area contributed by atoms with Crippen LogP contribution in [0.4, 0.5) is 4.79 Å². The molecule has 2 aliphatic rings. The molecular formula is C29H28N2O4. The third-order valence-corrected chi connectivity index (χ3v) is 6.59. The zero-order valence-electron chi connectivity index (χ0n) is 19.4. The molecule has 1 aliphatic carbocycles. The Morgan fingerprint density at radius 1 is 0.914 bits per heavy atom. The number of nitrogens with zero attached hydrogens (tertiary/aromatic N) is 1. The lowest BCUT2D eigenvalue weighted by Gasteiger charge is -2.28. The normalized spacial score (nSPS) is 19.1. The number of piperidine rings is 1. The summed E-state index contributed by atoms with van der Waals surface area (Å²) in [5, 5.41) is 12.2. The molecule has 1 aliphatic heterocycles. The Bertz CT molecular complexity index is 1230. The van der Waals surface area contributed by atoms with Gasteiger partial charge in [-0.25, -0.2) is 9.59 Å². The van der Waals surface area contributed by atoms with Crippen molar-refractivity contribution < 1.29 is 19.4 Å². The Morgan fingerprint density at radius 3 is 2.37 bits per heavy atom. The fourth-order valence-electron chi connectivity index (χ4n) is 4.52. The van der Waals surface area contributed by atoms with Gasteiger partial charge in [-0.05, 0) is 66.8 Å². The molecular weight excluding hydrogens is 440 g/mol. The van der Waals surface area contributed by atoms with E-state index in [0.717, 1.165) is 24.8 Å². The average Bonchev–Trinajstić information content (AvgIpc) is 3.64. The maximum absolute atomic E-state index is 12.7. The van der Waals surface area contributed by atoms with Crippen molar-refractivity contribution >= 4 is 18.1 Å². The van der Waals surface area contributed by atoms with Crippen LogP contribution in [0.5, 0.6) is 11.5 Å². The molecule has 35 heavy (non-hydrogen) atoms. The highest BCUT2D eigenvalue weighted by atomic mass is 16.5. The first-order chi connectivity index (χ1) is 17.0. The Labute approximate surface area is 204 Å². The van der Waals surface area contributed by atoms with Crippen molar-refractivity contribution in [2.75, 3.05) is 13.1 Å². The Morgan fingerprint density at radius 2 is 1.66 bits per heavy atom. The van der Waals surface area contributed by atoms with Gasteiger partial charge in [0.15, 0.2) is 0 Å². The van der Waals surface area contributed by atoms with Gasteiger partial charge in [0.25, 0.3) is 0 Å². The SMILES string of the molecule is O=C(O)c1ccc(Oc2cccc(C=C3CCN(C(=O)NC4CC4c4ccccc4)CC3)c2)cc1. The zero-order chi connectivity index (χ0) is 24.2. The first-order valence-electron chi connectivity index (χ1n) is 12.0. The minimum Gasteiger partial charge on any atom is -0.478 e. The predicted molar refractivity (Wildman–Crippen MR) is 135 cm³/mol. The molecule has 2 atom stereocenters. The van der Waals surface area contributed by atoms with E-state index in [0.29, 0.717) is 30.5 Å². The van der Waals surface area contributed by atoms with Crippen LogP contribution in [0.3, 0.4) is 0 Å². The number of nitrogens with one attached hydrogen (secondary N) is 1. The molecule has 3 aromatic rings. The van der Waals surface area contributed by atoms with Crippen LogP contribution in [0, 0.1) is 0 Å². The predicted octanol–water partition coefficient (Wildman–Crippen LogP) is 5.92. The lowest BCUT2D eigenvalue weighted by Crippen LogP contribution is -2.44. The largest absolute Gasteiger partial charge is 0.478 e. The van der Waals surface area contributed by atoms with Crippen molar-refractivity contribution in [3.05, 3.63) is 101 Å². The van der Waals surface area contributed by atoms with Crippen molar-refractivity contribution in [2.45, 2.75) is 31.2 Å². The second kappa shape index (κ2) is 10.1. The van der Waals surface area contributed by atoms with E-state index in [1.54, 1.807) is 12.1 Å². The van der Waals surface area contributed by atoms with Gasteiger partial charge in [-0.3, -0.25) is 0 Å². The summed E-state index contributed by atoms with van der Waals surface area (Å²) in [5.74, 6) is 0.753. The molecule has 3 aromatic carbocycles. The monoisotopic (exact) mass is 468 g/mol. The van der Waals surface area contributed by atoms with Crippen LogP contribution in [0.15, 0.2) is 84.4 Å². The summed E-state index contributed by atoms with van der Waals surface area (Å²) in [5.41, 5.74) is 3.88. The highest BCUT2D eigenvalue weighted by Gasteiger charge is 2.40. The second-order valence-corrected chi connectivity index (χ2v) is 9.10. The fraction of sp³-hybridized carbons (Fsp3) is 0.241. The second-order valence-electron chi connectivity index (χ2n) is 9.10. The number of amides is 2. The number of ether oxygens (including phenoxy) is 1. The molecule has 2 unspecified atom stereocenters. The van der Waals surface area contributed by atoms with Crippen LogP contribution in [0.1, 0.15) is 46.7 Å². The van der Waals surface area contributed by atoms with Gasteiger partial charge in [0.2, 0.25) is 0 Å². The van der Waals surface area contributed by atoms with Crippen molar-refractivity contribution in [2.24, 2.45) is 0 Å². The molecule has 2 amide bonds. The molecule has 2 fully saturated rings. The highest BCUT2D eigenvalue weighted by Crippen LogP contribution is 2.40. The number of carboxylic acids is 1. The van der Waals surface area contributed by atoms with Gasteiger partial charge in [-0.15, -0.1) is 0 Å². The summed E-state index contributed by atoms with van der Waals surface area (Å²) >= 11 is 0. The van der Waals surface area contributed by atoms with E-state index in [2.05, 4.69) is 23.5 Å². The van der Waals surface area contributed by atoms with Crippen LogP contribution in [-0.2, 0) is 0 Å². The number of hydrogen-bond donors (Lipinski definition) is 2. The standard InChI is InChI=1S/C29H28N2O4/c32-28(33)23-9-11-24(12-10-23)35-25-8-4-5-21(18-25)17-20-13-15-31(16-14-20)29(34)30-27-19-26(27)22-6-2-1-3-7-22/h1-12,17-18,26-27H,13-16,19H2,(H,30,34)(H,32,33).